The monoisotopic (exact) mass is 379 g/mol. The molecule has 1 aliphatic rings. The molecule has 1 aromatic rings. The Morgan fingerprint density at radius 2 is 1.80 bits per heavy atom. The second-order valence-electron chi connectivity index (χ2n) is 6.35. The summed E-state index contributed by atoms with van der Waals surface area (Å²) < 4.78 is 63.7. The van der Waals surface area contributed by atoms with Crippen LogP contribution in [0.2, 0.25) is 0 Å². The van der Waals surface area contributed by atoms with Gasteiger partial charge < -0.3 is 9.08 Å². The average Bonchev–Trinajstić information content (AvgIpc) is 2.53. The Labute approximate surface area is 147 Å². The third kappa shape index (κ3) is 4.88. The van der Waals surface area contributed by atoms with E-state index in [1.165, 1.54) is 12.1 Å². The van der Waals surface area contributed by atoms with Gasteiger partial charge in [-0.1, -0.05) is 19.9 Å². The Hall–Kier alpha value is -1.28. The van der Waals surface area contributed by atoms with Crippen molar-refractivity contribution in [1.29, 1.82) is 0 Å². The van der Waals surface area contributed by atoms with E-state index >= 15 is 0 Å². The largest absolute Gasteiger partial charge is 0.534 e. The fraction of sp³-hybridized carbons (Fsp3) is 0.647. The lowest BCUT2D eigenvalue weighted by molar-refractivity contribution is -0.0500. The molecule has 0 radical (unpaired) electrons. The maximum absolute atomic E-state index is 12.4. The van der Waals surface area contributed by atoms with E-state index in [-0.39, 0.29) is 5.75 Å². The van der Waals surface area contributed by atoms with Crippen molar-refractivity contribution in [3.8, 4) is 5.75 Å². The molecule has 0 saturated heterocycles. The SMILES string of the molecule is CCCN(CCC)[C@@H]1CCc2cc(OS(=O)(=O)C(F)(F)F)ccc2C1. The van der Waals surface area contributed by atoms with E-state index in [0.717, 1.165) is 49.9 Å². The number of fused-ring (bicyclic) bond motifs is 1. The van der Waals surface area contributed by atoms with Gasteiger partial charge in [-0.05, 0) is 68.5 Å². The summed E-state index contributed by atoms with van der Waals surface area (Å²) in [6, 6.07) is 4.81. The number of rotatable bonds is 7. The highest BCUT2D eigenvalue weighted by Gasteiger charge is 2.48. The first-order valence-electron chi connectivity index (χ1n) is 8.54. The zero-order chi connectivity index (χ0) is 18.7. The molecule has 25 heavy (non-hydrogen) atoms. The minimum Gasteiger partial charge on any atom is -0.376 e. The number of halogens is 3. The van der Waals surface area contributed by atoms with E-state index in [9.17, 15) is 21.6 Å². The Balaban J connectivity index is 2.13. The standard InChI is InChI=1S/C17H24F3NO3S/c1-3-9-21(10-4-2)15-7-5-14-12-16(8-6-13(14)11-15)24-25(22,23)17(18,19)20/h6,8,12,15H,3-5,7,9-11H2,1-2H3/t15-/m1/s1. The molecule has 1 aliphatic carbocycles. The van der Waals surface area contributed by atoms with Crippen LogP contribution in [-0.4, -0.2) is 38.0 Å². The second kappa shape index (κ2) is 7.95. The lowest BCUT2D eigenvalue weighted by atomic mass is 9.87. The molecule has 0 heterocycles. The molecule has 0 fully saturated rings. The van der Waals surface area contributed by atoms with Crippen molar-refractivity contribution >= 4 is 10.1 Å². The number of nitrogens with zero attached hydrogens (tertiary/aromatic N) is 1. The van der Waals surface area contributed by atoms with E-state index in [2.05, 4.69) is 22.9 Å². The quantitative estimate of drug-likeness (QED) is 0.533. The van der Waals surface area contributed by atoms with E-state index < -0.39 is 15.6 Å². The van der Waals surface area contributed by atoms with Gasteiger partial charge in [-0.2, -0.15) is 21.6 Å². The molecule has 0 bridgehead atoms. The van der Waals surface area contributed by atoms with Crippen LogP contribution in [-0.2, 0) is 23.0 Å². The van der Waals surface area contributed by atoms with Crippen molar-refractivity contribution < 1.29 is 25.8 Å². The summed E-state index contributed by atoms with van der Waals surface area (Å²) in [5, 5.41) is 0. The molecule has 4 nitrogen and oxygen atoms in total. The van der Waals surface area contributed by atoms with Gasteiger partial charge in [0.2, 0.25) is 0 Å². The van der Waals surface area contributed by atoms with Crippen LogP contribution in [0, 0.1) is 0 Å². The fourth-order valence-electron chi connectivity index (χ4n) is 3.30. The Morgan fingerprint density at radius 3 is 2.36 bits per heavy atom. The zero-order valence-corrected chi connectivity index (χ0v) is 15.3. The third-order valence-electron chi connectivity index (χ3n) is 4.41. The van der Waals surface area contributed by atoms with Crippen molar-refractivity contribution in [2.24, 2.45) is 0 Å². The Morgan fingerprint density at radius 1 is 1.16 bits per heavy atom. The number of alkyl halides is 3. The zero-order valence-electron chi connectivity index (χ0n) is 14.5. The Kier molecular flexibility index (Phi) is 6.37. The van der Waals surface area contributed by atoms with E-state index in [1.807, 2.05) is 0 Å². The molecule has 142 valence electrons. The van der Waals surface area contributed by atoms with Crippen molar-refractivity contribution in [2.45, 2.75) is 57.5 Å². The topological polar surface area (TPSA) is 46.6 Å². The fourth-order valence-corrected chi connectivity index (χ4v) is 3.75. The first kappa shape index (κ1) is 20.0. The summed E-state index contributed by atoms with van der Waals surface area (Å²) in [7, 11) is -5.62. The minimum atomic E-state index is -5.62. The molecule has 0 unspecified atom stereocenters. The predicted octanol–water partition coefficient (Wildman–Crippen LogP) is 3.89. The number of hydrogen-bond acceptors (Lipinski definition) is 4. The van der Waals surface area contributed by atoms with Crippen LogP contribution < -0.4 is 4.18 Å². The maximum Gasteiger partial charge on any atom is 0.534 e. The van der Waals surface area contributed by atoms with Gasteiger partial charge in [0, 0.05) is 6.04 Å². The molecular formula is C17H24F3NO3S. The van der Waals surface area contributed by atoms with Crippen LogP contribution in [0.15, 0.2) is 18.2 Å². The normalized spacial score (nSPS) is 18.2. The summed E-state index contributed by atoms with van der Waals surface area (Å²) in [5.41, 5.74) is -3.52. The van der Waals surface area contributed by atoms with Crippen LogP contribution in [0.25, 0.3) is 0 Å². The summed E-state index contributed by atoms with van der Waals surface area (Å²) in [6.45, 7) is 6.34. The molecule has 2 rings (SSSR count). The van der Waals surface area contributed by atoms with E-state index in [4.69, 9.17) is 0 Å². The highest BCUT2D eigenvalue weighted by molar-refractivity contribution is 7.88. The lowest BCUT2D eigenvalue weighted by Crippen LogP contribution is -2.40. The van der Waals surface area contributed by atoms with Crippen LogP contribution in [0.1, 0.15) is 44.2 Å². The summed E-state index contributed by atoms with van der Waals surface area (Å²) in [4.78, 5) is 2.46. The highest BCUT2D eigenvalue weighted by Crippen LogP contribution is 2.31. The summed E-state index contributed by atoms with van der Waals surface area (Å²) in [6.07, 6.45) is 4.58. The van der Waals surface area contributed by atoms with Gasteiger partial charge in [0.15, 0.2) is 0 Å². The highest BCUT2D eigenvalue weighted by atomic mass is 32.2. The molecule has 0 saturated carbocycles. The van der Waals surface area contributed by atoms with Gasteiger partial charge in [0.1, 0.15) is 5.75 Å². The van der Waals surface area contributed by atoms with Crippen molar-refractivity contribution in [2.75, 3.05) is 13.1 Å². The maximum atomic E-state index is 12.4. The van der Waals surface area contributed by atoms with Gasteiger partial charge >= 0.3 is 15.6 Å². The molecular weight excluding hydrogens is 355 g/mol. The third-order valence-corrected chi connectivity index (χ3v) is 5.39. The van der Waals surface area contributed by atoms with E-state index in [0.29, 0.717) is 12.5 Å². The van der Waals surface area contributed by atoms with Gasteiger partial charge in [-0.15, -0.1) is 0 Å². The first-order valence-corrected chi connectivity index (χ1v) is 9.95. The molecule has 0 aromatic heterocycles. The average molecular weight is 379 g/mol. The smallest absolute Gasteiger partial charge is 0.376 e. The van der Waals surface area contributed by atoms with Crippen molar-refractivity contribution in [3.05, 3.63) is 29.3 Å². The lowest BCUT2D eigenvalue weighted by Gasteiger charge is -2.35. The molecule has 8 heteroatoms. The van der Waals surface area contributed by atoms with Crippen LogP contribution >= 0.6 is 0 Å². The molecule has 0 N–H and O–H groups in total. The molecule has 0 amide bonds. The Bertz CT molecular complexity index is 683. The van der Waals surface area contributed by atoms with Crippen molar-refractivity contribution in [1.82, 2.24) is 4.90 Å². The molecule has 0 spiro atoms. The van der Waals surface area contributed by atoms with Gasteiger partial charge in [-0.25, -0.2) is 0 Å². The van der Waals surface area contributed by atoms with Crippen LogP contribution in [0.5, 0.6) is 5.75 Å². The minimum absolute atomic E-state index is 0.284. The number of benzene rings is 1. The van der Waals surface area contributed by atoms with Crippen molar-refractivity contribution in [3.63, 3.8) is 0 Å². The van der Waals surface area contributed by atoms with Crippen LogP contribution in [0.3, 0.4) is 0 Å². The number of aryl methyl sites for hydroxylation is 1. The first-order chi connectivity index (χ1) is 11.7. The summed E-state index contributed by atoms with van der Waals surface area (Å²) >= 11 is 0. The molecule has 1 atom stereocenters. The predicted molar refractivity (Wildman–Crippen MR) is 90.0 cm³/mol. The molecule has 1 aromatic carbocycles. The summed E-state index contributed by atoms with van der Waals surface area (Å²) in [5.74, 6) is -0.284. The number of hydrogen-bond donors (Lipinski definition) is 0. The van der Waals surface area contributed by atoms with Gasteiger partial charge in [0.25, 0.3) is 0 Å². The molecule has 0 aliphatic heterocycles. The van der Waals surface area contributed by atoms with Gasteiger partial charge in [-0.3, -0.25) is 0 Å². The van der Waals surface area contributed by atoms with E-state index in [1.54, 1.807) is 6.07 Å². The second-order valence-corrected chi connectivity index (χ2v) is 7.88. The van der Waals surface area contributed by atoms with Gasteiger partial charge in [0.05, 0.1) is 0 Å². The van der Waals surface area contributed by atoms with Crippen LogP contribution in [0.4, 0.5) is 13.2 Å².